The Morgan fingerprint density at radius 3 is 0.851 bits per heavy atom. The Morgan fingerprint density at radius 1 is 0.299 bits per heavy atom. The molecule has 0 aliphatic carbocycles. The second kappa shape index (κ2) is 56.5. The molecule has 0 aliphatic heterocycles. The zero-order valence-electron chi connectivity index (χ0n) is 45.2. The van der Waals surface area contributed by atoms with Crippen LogP contribution in [0, 0.1) is 0 Å². The lowest BCUT2D eigenvalue weighted by Gasteiger charge is -2.18. The third-order valence-corrected chi connectivity index (χ3v) is 13.5. The SMILES string of the molecule is CCCCC/C=C\C/C=C\CCCCCCCCCC(=O)OC[C@H](COC(=O)CCCCCCCCCCCCCCC)OC(=O)CCCCCCCCCCCCCCCCCCCCC. The van der Waals surface area contributed by atoms with E-state index in [0.29, 0.717) is 19.3 Å². The first-order chi connectivity index (χ1) is 33.0. The molecule has 0 spiro atoms. The summed E-state index contributed by atoms with van der Waals surface area (Å²) in [5.41, 5.74) is 0. The van der Waals surface area contributed by atoms with Gasteiger partial charge in [-0.3, -0.25) is 14.4 Å². The lowest BCUT2D eigenvalue weighted by atomic mass is 10.0. The molecule has 0 amide bonds. The fourth-order valence-corrected chi connectivity index (χ4v) is 8.95. The first-order valence-electron chi connectivity index (χ1n) is 29.8. The van der Waals surface area contributed by atoms with Crippen molar-refractivity contribution in [1.82, 2.24) is 0 Å². The van der Waals surface area contributed by atoms with Crippen molar-refractivity contribution in [3.63, 3.8) is 0 Å². The minimum absolute atomic E-state index is 0.0680. The van der Waals surface area contributed by atoms with E-state index in [1.807, 2.05) is 0 Å². The molecule has 0 rings (SSSR count). The fourth-order valence-electron chi connectivity index (χ4n) is 8.95. The summed E-state index contributed by atoms with van der Waals surface area (Å²) < 4.78 is 16.9. The summed E-state index contributed by atoms with van der Waals surface area (Å²) in [5, 5.41) is 0. The Morgan fingerprint density at radius 2 is 0.537 bits per heavy atom. The van der Waals surface area contributed by atoms with Gasteiger partial charge in [-0.25, -0.2) is 0 Å². The molecule has 394 valence electrons. The van der Waals surface area contributed by atoms with Gasteiger partial charge in [-0.15, -0.1) is 0 Å². The van der Waals surface area contributed by atoms with Gasteiger partial charge in [-0.1, -0.05) is 283 Å². The first-order valence-corrected chi connectivity index (χ1v) is 29.8. The zero-order valence-corrected chi connectivity index (χ0v) is 45.2. The molecule has 0 aliphatic rings. The Kier molecular flexibility index (Phi) is 54.7. The number of rotatable bonds is 55. The number of carbonyl (C=O) groups excluding carboxylic acids is 3. The van der Waals surface area contributed by atoms with Crippen LogP contribution in [0.1, 0.15) is 329 Å². The maximum absolute atomic E-state index is 12.9. The molecule has 0 radical (unpaired) electrons. The van der Waals surface area contributed by atoms with E-state index in [1.165, 1.54) is 218 Å². The summed E-state index contributed by atoms with van der Waals surface area (Å²) in [6, 6.07) is 0. The molecule has 0 aromatic heterocycles. The van der Waals surface area contributed by atoms with E-state index >= 15 is 0 Å². The number of esters is 3. The van der Waals surface area contributed by atoms with Crippen molar-refractivity contribution < 1.29 is 28.6 Å². The van der Waals surface area contributed by atoms with Crippen molar-refractivity contribution in [3.05, 3.63) is 24.3 Å². The van der Waals surface area contributed by atoms with Crippen LogP contribution in [0.2, 0.25) is 0 Å². The van der Waals surface area contributed by atoms with Crippen LogP contribution in [0.5, 0.6) is 0 Å². The first kappa shape index (κ1) is 64.9. The monoisotopic (exact) mass is 943 g/mol. The van der Waals surface area contributed by atoms with Crippen molar-refractivity contribution in [2.45, 2.75) is 335 Å². The predicted octanol–water partition coefficient (Wildman–Crippen LogP) is 19.9. The van der Waals surface area contributed by atoms with E-state index in [1.54, 1.807) is 0 Å². The van der Waals surface area contributed by atoms with E-state index in [9.17, 15) is 14.4 Å². The molecule has 0 fully saturated rings. The van der Waals surface area contributed by atoms with Gasteiger partial charge < -0.3 is 14.2 Å². The van der Waals surface area contributed by atoms with E-state index in [-0.39, 0.29) is 31.1 Å². The summed E-state index contributed by atoms with van der Waals surface area (Å²) in [5.74, 6) is -0.853. The molecular weight excluding hydrogens is 829 g/mol. The van der Waals surface area contributed by atoms with Crippen LogP contribution in [0.25, 0.3) is 0 Å². The maximum Gasteiger partial charge on any atom is 0.306 e. The van der Waals surface area contributed by atoms with Gasteiger partial charge >= 0.3 is 17.9 Å². The molecule has 6 nitrogen and oxygen atoms in total. The standard InChI is InChI=1S/C61H114O6/c1-4-7-10-13-16-19-22-25-27-29-30-32-34-37-40-43-46-49-52-55-61(64)67-58(56-65-59(62)53-50-47-44-41-38-35-24-21-18-15-12-9-6-3)57-66-60(63)54-51-48-45-42-39-36-33-31-28-26-23-20-17-14-11-8-5-2/h17,20,26,28,58H,4-16,18-19,21-25,27,29-57H2,1-3H3/b20-17-,28-26-/t58-/m0/s1. The Balaban J connectivity index is 4.31. The third-order valence-electron chi connectivity index (χ3n) is 13.5. The second-order valence-corrected chi connectivity index (χ2v) is 20.3. The average Bonchev–Trinajstić information content (AvgIpc) is 3.33. The molecule has 0 aromatic carbocycles. The van der Waals surface area contributed by atoms with Crippen LogP contribution in [0.3, 0.4) is 0 Å². The van der Waals surface area contributed by atoms with Gasteiger partial charge in [0.15, 0.2) is 6.10 Å². The van der Waals surface area contributed by atoms with E-state index < -0.39 is 6.10 Å². The molecular formula is C61H114O6. The summed E-state index contributed by atoms with van der Waals surface area (Å²) in [4.78, 5) is 38.2. The number of allylic oxidation sites excluding steroid dienone is 4. The van der Waals surface area contributed by atoms with E-state index in [2.05, 4.69) is 45.1 Å². The number of hydrogen-bond acceptors (Lipinski definition) is 6. The van der Waals surface area contributed by atoms with Crippen molar-refractivity contribution >= 4 is 17.9 Å². The number of ether oxygens (including phenoxy) is 3. The highest BCUT2D eigenvalue weighted by molar-refractivity contribution is 5.71. The molecule has 6 heteroatoms. The number of unbranched alkanes of at least 4 members (excludes halogenated alkanes) is 40. The molecule has 0 heterocycles. The normalized spacial score (nSPS) is 12.1. The summed E-state index contributed by atoms with van der Waals surface area (Å²) in [6.45, 7) is 6.66. The Labute approximate surface area is 417 Å². The summed E-state index contributed by atoms with van der Waals surface area (Å²) in [6.07, 6.45) is 66.0. The van der Waals surface area contributed by atoms with Crippen LogP contribution >= 0.6 is 0 Å². The van der Waals surface area contributed by atoms with Gasteiger partial charge in [-0.2, -0.15) is 0 Å². The van der Waals surface area contributed by atoms with Gasteiger partial charge in [-0.05, 0) is 51.4 Å². The van der Waals surface area contributed by atoms with Gasteiger partial charge in [0.1, 0.15) is 13.2 Å². The molecule has 0 bridgehead atoms. The van der Waals surface area contributed by atoms with Crippen LogP contribution < -0.4 is 0 Å². The van der Waals surface area contributed by atoms with Crippen LogP contribution in [0.4, 0.5) is 0 Å². The zero-order chi connectivity index (χ0) is 48.6. The van der Waals surface area contributed by atoms with Crippen LogP contribution in [-0.4, -0.2) is 37.2 Å². The molecule has 67 heavy (non-hydrogen) atoms. The predicted molar refractivity (Wildman–Crippen MR) is 289 cm³/mol. The highest BCUT2D eigenvalue weighted by Crippen LogP contribution is 2.17. The van der Waals surface area contributed by atoms with Crippen molar-refractivity contribution in [2.75, 3.05) is 13.2 Å². The minimum Gasteiger partial charge on any atom is -0.462 e. The summed E-state index contributed by atoms with van der Waals surface area (Å²) in [7, 11) is 0. The molecule has 0 aromatic rings. The van der Waals surface area contributed by atoms with Gasteiger partial charge in [0, 0.05) is 19.3 Å². The number of carbonyl (C=O) groups is 3. The molecule has 0 N–H and O–H groups in total. The largest absolute Gasteiger partial charge is 0.462 e. The maximum atomic E-state index is 12.9. The lowest BCUT2D eigenvalue weighted by Crippen LogP contribution is -2.30. The van der Waals surface area contributed by atoms with Crippen LogP contribution in [0.15, 0.2) is 24.3 Å². The second-order valence-electron chi connectivity index (χ2n) is 20.3. The number of hydrogen-bond donors (Lipinski definition) is 0. The molecule has 1 atom stereocenters. The summed E-state index contributed by atoms with van der Waals surface area (Å²) >= 11 is 0. The van der Waals surface area contributed by atoms with Gasteiger partial charge in [0.2, 0.25) is 0 Å². The van der Waals surface area contributed by atoms with Crippen molar-refractivity contribution in [2.24, 2.45) is 0 Å². The molecule has 0 saturated carbocycles. The quantitative estimate of drug-likeness (QED) is 0.0262. The average molecular weight is 944 g/mol. The molecule has 0 saturated heterocycles. The van der Waals surface area contributed by atoms with E-state index in [0.717, 1.165) is 70.6 Å². The topological polar surface area (TPSA) is 78.9 Å². The smallest absolute Gasteiger partial charge is 0.306 e. The Hall–Kier alpha value is -2.11. The van der Waals surface area contributed by atoms with Crippen molar-refractivity contribution in [1.29, 1.82) is 0 Å². The van der Waals surface area contributed by atoms with Gasteiger partial charge in [0.25, 0.3) is 0 Å². The van der Waals surface area contributed by atoms with Gasteiger partial charge in [0.05, 0.1) is 0 Å². The third kappa shape index (κ3) is 54.7. The Bertz CT molecular complexity index is 1080. The lowest BCUT2D eigenvalue weighted by molar-refractivity contribution is -0.167. The van der Waals surface area contributed by atoms with E-state index in [4.69, 9.17) is 14.2 Å². The van der Waals surface area contributed by atoms with Crippen molar-refractivity contribution in [3.8, 4) is 0 Å². The fraction of sp³-hybridized carbons (Fsp3) is 0.885. The minimum atomic E-state index is -0.769. The molecule has 0 unspecified atom stereocenters. The van der Waals surface area contributed by atoms with Crippen LogP contribution in [-0.2, 0) is 28.6 Å². The highest BCUT2D eigenvalue weighted by Gasteiger charge is 2.19. The highest BCUT2D eigenvalue weighted by atomic mass is 16.6.